The molecule has 2 rings (SSSR count). The molecule has 0 bridgehead atoms. The number of hydrogen-bond acceptors (Lipinski definition) is 7. The Labute approximate surface area is 209 Å². The van der Waals surface area contributed by atoms with Crippen LogP contribution in [0.1, 0.15) is 56.6 Å². The summed E-state index contributed by atoms with van der Waals surface area (Å²) in [5.41, 5.74) is 1.22. The molecule has 0 saturated heterocycles. The van der Waals surface area contributed by atoms with E-state index < -0.39 is 41.7 Å². The van der Waals surface area contributed by atoms with E-state index in [4.69, 9.17) is 9.47 Å². The lowest BCUT2D eigenvalue weighted by Crippen LogP contribution is -2.54. The van der Waals surface area contributed by atoms with Crippen molar-refractivity contribution in [2.24, 2.45) is 5.92 Å². The van der Waals surface area contributed by atoms with Gasteiger partial charge in [0.1, 0.15) is 17.9 Å². The minimum absolute atomic E-state index is 0.00822. The van der Waals surface area contributed by atoms with Gasteiger partial charge in [-0.05, 0) is 57.4 Å². The lowest BCUT2D eigenvalue weighted by atomic mass is 10.0. The fourth-order valence-corrected chi connectivity index (χ4v) is 3.41. The van der Waals surface area contributed by atoms with Gasteiger partial charge in [0.05, 0.1) is 30.2 Å². The number of nitrogens with zero attached hydrogens (tertiary/aromatic N) is 2. The molecule has 10 nitrogen and oxygen atoms in total. The quantitative estimate of drug-likeness (QED) is 0.425. The number of amides is 2. The van der Waals surface area contributed by atoms with E-state index in [1.807, 2.05) is 0 Å². The van der Waals surface area contributed by atoms with E-state index >= 15 is 0 Å². The highest BCUT2D eigenvalue weighted by Gasteiger charge is 2.31. The smallest absolute Gasteiger partial charge is 0.328 e. The molecule has 1 heterocycles. The van der Waals surface area contributed by atoms with Crippen LogP contribution in [0.15, 0.2) is 30.5 Å². The minimum atomic E-state index is -1.08. The van der Waals surface area contributed by atoms with Gasteiger partial charge < -0.3 is 20.1 Å². The molecular formula is C25H33FN4O6. The van der Waals surface area contributed by atoms with E-state index in [1.165, 1.54) is 35.1 Å². The SMILES string of the molecule is CCOC(=O)CC[C@@H](NC(=O)[C@@H](NC(=O)c1cn(-c2ccc(F)cc2)nc1C)C(C)C)C(=O)OCC. The topological polar surface area (TPSA) is 129 Å². The van der Waals surface area contributed by atoms with Gasteiger partial charge in [-0.2, -0.15) is 5.10 Å². The van der Waals surface area contributed by atoms with Crippen LogP contribution >= 0.6 is 0 Å². The second kappa shape index (κ2) is 13.4. The molecule has 0 unspecified atom stereocenters. The highest BCUT2D eigenvalue weighted by Crippen LogP contribution is 2.14. The number of esters is 2. The number of carbonyl (C=O) groups excluding carboxylic acids is 4. The molecule has 0 aliphatic heterocycles. The Morgan fingerprint density at radius 2 is 1.67 bits per heavy atom. The van der Waals surface area contributed by atoms with Crippen LogP contribution in [0.3, 0.4) is 0 Å². The first-order chi connectivity index (χ1) is 17.1. The largest absolute Gasteiger partial charge is 0.466 e. The van der Waals surface area contributed by atoms with Crippen LogP contribution < -0.4 is 10.6 Å². The van der Waals surface area contributed by atoms with E-state index in [9.17, 15) is 23.6 Å². The van der Waals surface area contributed by atoms with Gasteiger partial charge in [-0.25, -0.2) is 13.9 Å². The standard InChI is InChI=1S/C25H33FN4O6/c1-6-35-21(31)13-12-20(25(34)36-7-2)27-24(33)22(15(3)4)28-23(32)19-14-30(29-16(19)5)18-10-8-17(26)9-11-18/h8-11,14-15,20,22H,6-7,12-13H2,1-5H3,(H,27,33)(H,28,32)/t20-,22+/m1/s1. The van der Waals surface area contributed by atoms with Crippen molar-refractivity contribution in [3.8, 4) is 5.69 Å². The summed E-state index contributed by atoms with van der Waals surface area (Å²) < 4.78 is 24.6. The molecule has 1 aromatic carbocycles. The number of rotatable bonds is 12. The van der Waals surface area contributed by atoms with Crippen molar-refractivity contribution in [1.82, 2.24) is 20.4 Å². The molecule has 2 amide bonds. The number of halogens is 1. The van der Waals surface area contributed by atoms with Crippen molar-refractivity contribution in [3.63, 3.8) is 0 Å². The van der Waals surface area contributed by atoms with Gasteiger partial charge in [-0.1, -0.05) is 13.8 Å². The summed E-state index contributed by atoms with van der Waals surface area (Å²) in [5.74, 6) is -3.02. The molecule has 2 N–H and O–H groups in total. The molecule has 0 fully saturated rings. The number of nitrogens with one attached hydrogen (secondary N) is 2. The Morgan fingerprint density at radius 3 is 2.25 bits per heavy atom. The molecule has 0 aliphatic carbocycles. The summed E-state index contributed by atoms with van der Waals surface area (Å²) >= 11 is 0. The van der Waals surface area contributed by atoms with Crippen molar-refractivity contribution >= 4 is 23.8 Å². The maximum absolute atomic E-state index is 13.2. The molecule has 196 valence electrons. The lowest BCUT2D eigenvalue weighted by molar-refractivity contribution is -0.149. The van der Waals surface area contributed by atoms with Crippen LogP contribution in [0.5, 0.6) is 0 Å². The lowest BCUT2D eigenvalue weighted by Gasteiger charge is -2.24. The zero-order valence-corrected chi connectivity index (χ0v) is 21.2. The van der Waals surface area contributed by atoms with Crippen molar-refractivity contribution < 1.29 is 33.0 Å². The minimum Gasteiger partial charge on any atom is -0.466 e. The van der Waals surface area contributed by atoms with E-state index in [1.54, 1.807) is 34.6 Å². The van der Waals surface area contributed by atoms with E-state index in [2.05, 4.69) is 15.7 Å². The third kappa shape index (κ3) is 7.89. The van der Waals surface area contributed by atoms with Crippen molar-refractivity contribution in [3.05, 3.63) is 47.5 Å². The number of aromatic nitrogens is 2. The molecule has 0 saturated carbocycles. The predicted octanol–water partition coefficient (Wildman–Crippen LogP) is 2.47. The van der Waals surface area contributed by atoms with Gasteiger partial charge in [-0.15, -0.1) is 0 Å². The molecule has 0 spiro atoms. The Hall–Kier alpha value is -3.76. The van der Waals surface area contributed by atoms with Gasteiger partial charge in [0.2, 0.25) is 5.91 Å². The second-order valence-corrected chi connectivity index (χ2v) is 8.40. The maximum atomic E-state index is 13.2. The Kier molecular flexibility index (Phi) is 10.6. The third-order valence-corrected chi connectivity index (χ3v) is 5.30. The van der Waals surface area contributed by atoms with Crippen LogP contribution in [-0.2, 0) is 23.9 Å². The average Bonchev–Trinajstić information content (AvgIpc) is 3.22. The molecule has 2 aromatic rings. The van der Waals surface area contributed by atoms with Gasteiger partial charge in [-0.3, -0.25) is 14.4 Å². The summed E-state index contributed by atoms with van der Waals surface area (Å²) in [6, 6.07) is 3.56. The fourth-order valence-electron chi connectivity index (χ4n) is 3.41. The maximum Gasteiger partial charge on any atom is 0.328 e. The Morgan fingerprint density at radius 1 is 1.03 bits per heavy atom. The van der Waals surface area contributed by atoms with Crippen LogP contribution in [0.2, 0.25) is 0 Å². The highest BCUT2D eigenvalue weighted by molar-refractivity contribution is 5.99. The van der Waals surface area contributed by atoms with Crippen LogP contribution in [0.25, 0.3) is 5.69 Å². The first-order valence-corrected chi connectivity index (χ1v) is 11.8. The monoisotopic (exact) mass is 504 g/mol. The van der Waals surface area contributed by atoms with Crippen molar-refractivity contribution in [1.29, 1.82) is 0 Å². The number of benzene rings is 1. The van der Waals surface area contributed by atoms with E-state index in [0.29, 0.717) is 11.4 Å². The third-order valence-electron chi connectivity index (χ3n) is 5.30. The molecule has 36 heavy (non-hydrogen) atoms. The molecule has 1 aromatic heterocycles. The molecule has 11 heteroatoms. The Bertz CT molecular complexity index is 1070. The normalized spacial score (nSPS) is 12.5. The van der Waals surface area contributed by atoms with Gasteiger partial charge in [0.25, 0.3) is 5.91 Å². The first kappa shape index (κ1) is 28.5. The average molecular weight is 505 g/mol. The zero-order chi connectivity index (χ0) is 26.8. The summed E-state index contributed by atoms with van der Waals surface area (Å²) in [6.07, 6.45) is 1.40. The van der Waals surface area contributed by atoms with Gasteiger partial charge >= 0.3 is 11.9 Å². The number of aryl methyl sites for hydroxylation is 1. The number of carbonyl (C=O) groups is 4. The molecule has 0 radical (unpaired) electrons. The van der Waals surface area contributed by atoms with Gasteiger partial charge in [0, 0.05) is 12.6 Å². The van der Waals surface area contributed by atoms with Crippen molar-refractivity contribution in [2.75, 3.05) is 13.2 Å². The molecule has 2 atom stereocenters. The van der Waals surface area contributed by atoms with Crippen LogP contribution in [-0.4, -0.2) is 58.8 Å². The second-order valence-electron chi connectivity index (χ2n) is 8.40. The summed E-state index contributed by atoms with van der Waals surface area (Å²) in [4.78, 5) is 50.2. The van der Waals surface area contributed by atoms with Crippen LogP contribution in [0, 0.1) is 18.7 Å². The fraction of sp³-hybridized carbons (Fsp3) is 0.480. The van der Waals surface area contributed by atoms with E-state index in [-0.39, 0.29) is 37.5 Å². The summed E-state index contributed by atoms with van der Waals surface area (Å²) in [7, 11) is 0. The van der Waals surface area contributed by atoms with E-state index in [0.717, 1.165) is 0 Å². The van der Waals surface area contributed by atoms with Crippen molar-refractivity contribution in [2.45, 2.75) is 59.5 Å². The summed E-state index contributed by atoms with van der Waals surface area (Å²) in [5, 5.41) is 9.60. The molecular weight excluding hydrogens is 471 g/mol. The summed E-state index contributed by atoms with van der Waals surface area (Å²) in [6.45, 7) is 8.75. The highest BCUT2D eigenvalue weighted by atomic mass is 19.1. The van der Waals surface area contributed by atoms with Gasteiger partial charge in [0.15, 0.2) is 0 Å². The molecule has 0 aliphatic rings. The van der Waals surface area contributed by atoms with Crippen LogP contribution in [0.4, 0.5) is 4.39 Å². The number of hydrogen-bond donors (Lipinski definition) is 2. The zero-order valence-electron chi connectivity index (χ0n) is 21.2. The predicted molar refractivity (Wildman–Crippen MR) is 129 cm³/mol. The Balaban J connectivity index is 2.15. The first-order valence-electron chi connectivity index (χ1n) is 11.8. The number of ether oxygens (including phenoxy) is 2.